The van der Waals surface area contributed by atoms with E-state index in [-0.39, 0.29) is 29.3 Å². The molecule has 0 aliphatic carbocycles. The van der Waals surface area contributed by atoms with E-state index in [0.717, 1.165) is 17.8 Å². The van der Waals surface area contributed by atoms with E-state index in [1.54, 1.807) is 23.9 Å². The van der Waals surface area contributed by atoms with Crippen LogP contribution in [-0.4, -0.2) is 58.0 Å². The minimum absolute atomic E-state index is 0. The third-order valence-corrected chi connectivity index (χ3v) is 6.58. The highest BCUT2D eigenvalue weighted by molar-refractivity contribution is 7.89. The molecule has 0 radical (unpaired) electrons. The number of aromatic nitrogens is 2. The second-order valence-corrected chi connectivity index (χ2v) is 9.31. The highest BCUT2D eigenvalue weighted by Crippen LogP contribution is 2.28. The molecule has 0 aliphatic heterocycles. The first-order valence-corrected chi connectivity index (χ1v) is 11.7. The number of carboxylic acids is 1. The largest absolute Gasteiger partial charge is 0.487 e. The van der Waals surface area contributed by atoms with Crippen LogP contribution in [0.3, 0.4) is 0 Å². The molecular formula is C22H25ClN4O7S. The number of para-hydroxylation sites is 2. The molecule has 13 heteroatoms. The average Bonchev–Trinajstić information content (AvgIpc) is 3.18. The number of fused-ring (bicyclic) bond motifs is 1. The molecule has 0 saturated carbocycles. The summed E-state index contributed by atoms with van der Waals surface area (Å²) in [6, 6.07) is 11.6. The molecule has 188 valence electrons. The maximum absolute atomic E-state index is 13.4. The number of carboxylic acid groups (broad SMARTS) is 1. The molecule has 2 atom stereocenters. The summed E-state index contributed by atoms with van der Waals surface area (Å²) in [5.74, 6) is -2.23. The lowest BCUT2D eigenvalue weighted by molar-refractivity contribution is -0.140. The van der Waals surface area contributed by atoms with Crippen molar-refractivity contribution < 1.29 is 32.6 Å². The number of nitrogens with zero attached hydrogens (tertiary/aromatic N) is 3. The summed E-state index contributed by atoms with van der Waals surface area (Å²) in [5.41, 5.74) is 2.94. The van der Waals surface area contributed by atoms with Gasteiger partial charge in [0, 0.05) is 12.3 Å². The highest BCUT2D eigenvalue weighted by atomic mass is 35.5. The Morgan fingerprint density at radius 2 is 1.86 bits per heavy atom. The number of aliphatic carboxylic acids is 1. The normalized spacial score (nSPS) is 13.0. The topological polar surface area (TPSA) is 148 Å². The standard InChI is InChI=1S/C22H24N4O7S.ClH/c1-15(13-25-19-8-4-3-7-17(19)12-23-25)33-20-9-5-6-10-21(20)34(31,32)26(24-16(2)28)18(14-27)11-22(29)30;/h3-10,12,14-15,18H,11,13H2,1-2H3,(H,24,28)(H,29,30);1H/t15-,18?;/m1./s1. The molecule has 35 heavy (non-hydrogen) atoms. The number of amides is 1. The van der Waals surface area contributed by atoms with Crippen molar-refractivity contribution in [3.63, 3.8) is 0 Å². The summed E-state index contributed by atoms with van der Waals surface area (Å²) < 4.78 is 34.8. The van der Waals surface area contributed by atoms with Crippen molar-refractivity contribution in [3.8, 4) is 5.75 Å². The Balaban J connectivity index is 0.00000432. The third kappa shape index (κ3) is 6.56. The molecule has 3 aromatic rings. The van der Waals surface area contributed by atoms with Crippen molar-refractivity contribution in [1.29, 1.82) is 0 Å². The Hall–Kier alpha value is -3.48. The van der Waals surface area contributed by atoms with Crippen LogP contribution < -0.4 is 10.2 Å². The number of carbonyl (C=O) groups is 3. The van der Waals surface area contributed by atoms with Crippen molar-refractivity contribution in [2.75, 3.05) is 0 Å². The molecule has 1 amide bonds. The number of halogens is 1. The Bertz CT molecular complexity index is 1310. The first-order valence-electron chi connectivity index (χ1n) is 10.3. The number of ether oxygens (including phenoxy) is 1. The maximum Gasteiger partial charge on any atom is 0.305 e. The van der Waals surface area contributed by atoms with Crippen LogP contribution in [0.2, 0.25) is 0 Å². The lowest BCUT2D eigenvalue weighted by atomic mass is 10.2. The molecule has 1 heterocycles. The summed E-state index contributed by atoms with van der Waals surface area (Å²) in [4.78, 5) is 34.0. The number of hydrazine groups is 1. The number of rotatable bonds is 11. The van der Waals surface area contributed by atoms with E-state index >= 15 is 0 Å². The number of hydrogen-bond acceptors (Lipinski definition) is 7. The number of aldehydes is 1. The van der Waals surface area contributed by atoms with Crippen molar-refractivity contribution in [1.82, 2.24) is 19.6 Å². The van der Waals surface area contributed by atoms with Gasteiger partial charge in [-0.25, -0.2) is 8.42 Å². The molecule has 11 nitrogen and oxygen atoms in total. The smallest absolute Gasteiger partial charge is 0.305 e. The van der Waals surface area contributed by atoms with Crippen LogP contribution in [0.5, 0.6) is 5.75 Å². The lowest BCUT2D eigenvalue weighted by Gasteiger charge is -2.27. The highest BCUT2D eigenvalue weighted by Gasteiger charge is 2.36. The van der Waals surface area contributed by atoms with E-state index in [9.17, 15) is 22.8 Å². The summed E-state index contributed by atoms with van der Waals surface area (Å²) in [5, 5.41) is 14.4. The molecule has 1 unspecified atom stereocenters. The fraction of sp³-hybridized carbons (Fsp3) is 0.273. The van der Waals surface area contributed by atoms with Gasteiger partial charge in [-0.3, -0.25) is 19.7 Å². The van der Waals surface area contributed by atoms with Gasteiger partial charge in [0.05, 0.1) is 24.7 Å². The van der Waals surface area contributed by atoms with Gasteiger partial charge in [0.15, 0.2) is 0 Å². The third-order valence-electron chi connectivity index (χ3n) is 4.80. The molecule has 0 aliphatic rings. The number of carbonyl (C=O) groups excluding carboxylic acids is 2. The Kier molecular flexibility index (Phi) is 9.34. The summed E-state index contributed by atoms with van der Waals surface area (Å²) in [7, 11) is -4.57. The predicted molar refractivity (Wildman–Crippen MR) is 128 cm³/mol. The molecule has 0 bridgehead atoms. The molecule has 0 spiro atoms. The Morgan fingerprint density at radius 3 is 2.51 bits per heavy atom. The molecule has 0 fully saturated rings. The maximum atomic E-state index is 13.4. The zero-order valence-corrected chi connectivity index (χ0v) is 20.5. The van der Waals surface area contributed by atoms with Crippen molar-refractivity contribution in [2.24, 2.45) is 0 Å². The quantitative estimate of drug-likeness (QED) is 0.286. The zero-order valence-electron chi connectivity index (χ0n) is 18.9. The number of sulfonamides is 1. The van der Waals surface area contributed by atoms with E-state index < -0.39 is 40.5 Å². The zero-order chi connectivity index (χ0) is 24.9. The minimum Gasteiger partial charge on any atom is -0.487 e. The van der Waals surface area contributed by atoms with Crippen LogP contribution in [0.15, 0.2) is 59.6 Å². The number of nitrogens with one attached hydrogen (secondary N) is 1. The lowest BCUT2D eigenvalue weighted by Crippen LogP contribution is -2.52. The molecule has 0 saturated heterocycles. The second kappa shape index (κ2) is 11.8. The van der Waals surface area contributed by atoms with Crippen molar-refractivity contribution in [2.45, 2.75) is 43.9 Å². The monoisotopic (exact) mass is 524 g/mol. The SMILES string of the molecule is CC(=O)NN(C(C=O)CC(=O)O)S(=O)(=O)c1ccccc1O[C@H](C)Cn1ncc2ccccc21.Cl. The molecule has 1 aromatic heterocycles. The first-order chi connectivity index (χ1) is 16.1. The molecule has 2 N–H and O–H groups in total. The van der Waals surface area contributed by atoms with Gasteiger partial charge in [0.2, 0.25) is 5.91 Å². The van der Waals surface area contributed by atoms with Crippen LogP contribution >= 0.6 is 12.4 Å². The Labute approximate surface area is 208 Å². The van der Waals surface area contributed by atoms with Gasteiger partial charge in [-0.05, 0) is 25.1 Å². The summed E-state index contributed by atoms with van der Waals surface area (Å²) in [6.45, 7) is 3.10. The fourth-order valence-corrected chi connectivity index (χ4v) is 4.94. The van der Waals surface area contributed by atoms with Crippen molar-refractivity contribution >= 4 is 51.5 Å². The Morgan fingerprint density at radius 1 is 1.20 bits per heavy atom. The predicted octanol–water partition coefficient (Wildman–Crippen LogP) is 2.01. The van der Waals surface area contributed by atoms with Gasteiger partial charge < -0.3 is 14.6 Å². The molecule has 2 aromatic carbocycles. The molecular weight excluding hydrogens is 500 g/mol. The number of benzene rings is 2. The van der Waals surface area contributed by atoms with Crippen LogP contribution in [0, 0.1) is 0 Å². The van der Waals surface area contributed by atoms with Crippen molar-refractivity contribution in [3.05, 3.63) is 54.7 Å². The van der Waals surface area contributed by atoms with E-state index in [4.69, 9.17) is 9.84 Å². The average molecular weight is 525 g/mol. The van der Waals surface area contributed by atoms with E-state index in [1.807, 2.05) is 24.3 Å². The fourth-order valence-electron chi connectivity index (χ4n) is 3.38. The van der Waals surface area contributed by atoms with E-state index in [2.05, 4.69) is 10.5 Å². The van der Waals surface area contributed by atoms with E-state index in [1.165, 1.54) is 18.2 Å². The number of hydrogen-bond donors (Lipinski definition) is 2. The van der Waals surface area contributed by atoms with Crippen LogP contribution in [0.4, 0.5) is 0 Å². The van der Waals surface area contributed by atoms with Gasteiger partial charge in [0.1, 0.15) is 29.1 Å². The van der Waals surface area contributed by atoms with E-state index in [0.29, 0.717) is 11.0 Å². The minimum atomic E-state index is -4.57. The molecule has 3 rings (SSSR count). The van der Waals surface area contributed by atoms with Crippen LogP contribution in [0.1, 0.15) is 20.3 Å². The second-order valence-electron chi connectivity index (χ2n) is 7.53. The van der Waals surface area contributed by atoms with Crippen LogP contribution in [0.25, 0.3) is 10.9 Å². The van der Waals surface area contributed by atoms with Gasteiger partial charge >= 0.3 is 5.97 Å². The first kappa shape index (κ1) is 27.8. The van der Waals surface area contributed by atoms with Gasteiger partial charge in [0.25, 0.3) is 10.0 Å². The van der Waals surface area contributed by atoms with Gasteiger partial charge in [-0.1, -0.05) is 34.7 Å². The summed E-state index contributed by atoms with van der Waals surface area (Å²) >= 11 is 0. The summed E-state index contributed by atoms with van der Waals surface area (Å²) in [6.07, 6.45) is 0.508. The van der Waals surface area contributed by atoms with Crippen LogP contribution in [-0.2, 0) is 31.0 Å². The van der Waals surface area contributed by atoms with Gasteiger partial charge in [-0.15, -0.1) is 12.4 Å². The van der Waals surface area contributed by atoms with Gasteiger partial charge in [-0.2, -0.15) is 5.10 Å².